The molecule has 0 atom stereocenters. The molecule has 0 aromatic heterocycles. The SMILES string of the molecule is CCCCCCCCCCCCCCCC1=NCCCO1. The maximum Gasteiger partial charge on any atom is 0.183 e. The molecule has 1 aliphatic rings. The van der Waals surface area contributed by atoms with Gasteiger partial charge in [-0.15, -0.1) is 0 Å². The maximum absolute atomic E-state index is 5.53. The summed E-state index contributed by atoms with van der Waals surface area (Å²) in [7, 11) is 0. The Balaban J connectivity index is 1.71. The van der Waals surface area contributed by atoms with Gasteiger partial charge in [0.05, 0.1) is 6.61 Å². The number of nitrogens with zero attached hydrogens (tertiary/aromatic N) is 1. The smallest absolute Gasteiger partial charge is 0.183 e. The first-order valence-electron chi connectivity index (χ1n) is 9.59. The Morgan fingerprint density at radius 1 is 0.762 bits per heavy atom. The number of aliphatic imine (C=N–C) groups is 1. The Kier molecular flexibility index (Phi) is 12.7. The van der Waals surface area contributed by atoms with E-state index in [9.17, 15) is 0 Å². The highest BCUT2D eigenvalue weighted by Gasteiger charge is 2.04. The van der Waals surface area contributed by atoms with Crippen LogP contribution in [0.1, 0.15) is 103 Å². The summed E-state index contributed by atoms with van der Waals surface area (Å²) in [6.45, 7) is 4.15. The van der Waals surface area contributed by atoms with E-state index in [2.05, 4.69) is 11.9 Å². The van der Waals surface area contributed by atoms with E-state index in [0.29, 0.717) is 0 Å². The normalized spacial score (nSPS) is 14.8. The van der Waals surface area contributed by atoms with E-state index in [-0.39, 0.29) is 0 Å². The van der Waals surface area contributed by atoms with Crippen LogP contribution in [0.25, 0.3) is 0 Å². The Morgan fingerprint density at radius 2 is 1.29 bits per heavy atom. The van der Waals surface area contributed by atoms with Crippen molar-refractivity contribution in [3.63, 3.8) is 0 Å². The van der Waals surface area contributed by atoms with E-state index >= 15 is 0 Å². The van der Waals surface area contributed by atoms with Crippen molar-refractivity contribution in [3.8, 4) is 0 Å². The van der Waals surface area contributed by atoms with Crippen molar-refractivity contribution in [1.29, 1.82) is 0 Å². The summed E-state index contributed by atoms with van der Waals surface area (Å²) >= 11 is 0. The monoisotopic (exact) mass is 295 g/mol. The molecule has 1 aliphatic heterocycles. The van der Waals surface area contributed by atoms with Crippen molar-refractivity contribution >= 4 is 5.90 Å². The Bertz CT molecular complexity index is 250. The van der Waals surface area contributed by atoms with E-state index in [1.807, 2.05) is 0 Å². The van der Waals surface area contributed by atoms with Gasteiger partial charge in [-0.3, -0.25) is 4.99 Å². The summed E-state index contributed by atoms with van der Waals surface area (Å²) in [5.74, 6) is 1.02. The van der Waals surface area contributed by atoms with Crippen LogP contribution in [0, 0.1) is 0 Å². The first-order valence-corrected chi connectivity index (χ1v) is 9.59. The van der Waals surface area contributed by atoms with Gasteiger partial charge in [0.2, 0.25) is 0 Å². The van der Waals surface area contributed by atoms with Gasteiger partial charge < -0.3 is 4.74 Å². The Hall–Kier alpha value is -0.530. The van der Waals surface area contributed by atoms with Crippen LogP contribution < -0.4 is 0 Å². The molecule has 2 nitrogen and oxygen atoms in total. The molecule has 0 unspecified atom stereocenters. The predicted octanol–water partition coefficient (Wildman–Crippen LogP) is 6.29. The van der Waals surface area contributed by atoms with Crippen molar-refractivity contribution in [2.75, 3.05) is 13.2 Å². The van der Waals surface area contributed by atoms with E-state index < -0.39 is 0 Å². The van der Waals surface area contributed by atoms with E-state index in [1.165, 1.54) is 83.5 Å². The third-order valence-electron chi connectivity index (χ3n) is 4.35. The van der Waals surface area contributed by atoms with Gasteiger partial charge in [0.15, 0.2) is 5.90 Å². The minimum Gasteiger partial charge on any atom is -0.481 e. The fourth-order valence-corrected chi connectivity index (χ4v) is 2.95. The zero-order chi connectivity index (χ0) is 15.0. The van der Waals surface area contributed by atoms with Crippen molar-refractivity contribution in [2.45, 2.75) is 103 Å². The largest absolute Gasteiger partial charge is 0.481 e. The van der Waals surface area contributed by atoms with Crippen LogP contribution in [0.2, 0.25) is 0 Å². The van der Waals surface area contributed by atoms with Crippen LogP contribution in [0.5, 0.6) is 0 Å². The van der Waals surface area contributed by atoms with Crippen molar-refractivity contribution in [3.05, 3.63) is 0 Å². The lowest BCUT2D eigenvalue weighted by atomic mass is 10.0. The van der Waals surface area contributed by atoms with E-state index in [0.717, 1.165) is 31.9 Å². The van der Waals surface area contributed by atoms with Crippen LogP contribution in [-0.2, 0) is 4.74 Å². The standard InChI is InChI=1S/C19H37NO/c1-2-3-4-5-6-7-8-9-10-11-12-13-14-16-19-20-17-15-18-21-19/h2-18H2,1H3. The fraction of sp³-hybridized carbons (Fsp3) is 0.947. The summed E-state index contributed by atoms with van der Waals surface area (Å²) in [5, 5.41) is 0. The van der Waals surface area contributed by atoms with Gasteiger partial charge in [-0.25, -0.2) is 0 Å². The van der Waals surface area contributed by atoms with Gasteiger partial charge in [-0.2, -0.15) is 0 Å². The summed E-state index contributed by atoms with van der Waals surface area (Å²) < 4.78 is 5.53. The molecule has 0 aliphatic carbocycles. The molecule has 0 fully saturated rings. The van der Waals surface area contributed by atoms with Gasteiger partial charge in [0, 0.05) is 19.4 Å². The van der Waals surface area contributed by atoms with Crippen LogP contribution in [-0.4, -0.2) is 19.0 Å². The molecule has 1 rings (SSSR count). The Labute approximate surface area is 132 Å². The molecule has 1 heterocycles. The molecule has 2 heteroatoms. The number of hydrogen-bond acceptors (Lipinski definition) is 2. The summed E-state index contributed by atoms with van der Waals surface area (Å²) in [5.41, 5.74) is 0. The van der Waals surface area contributed by atoms with Gasteiger partial charge in [0.1, 0.15) is 0 Å². The fourth-order valence-electron chi connectivity index (χ4n) is 2.95. The first-order chi connectivity index (χ1) is 10.4. The second-order valence-electron chi connectivity index (χ2n) is 6.47. The number of ether oxygens (including phenoxy) is 1. The van der Waals surface area contributed by atoms with Crippen LogP contribution in [0.15, 0.2) is 4.99 Å². The van der Waals surface area contributed by atoms with Crippen molar-refractivity contribution in [1.82, 2.24) is 0 Å². The lowest BCUT2D eigenvalue weighted by molar-refractivity contribution is 0.272. The average Bonchev–Trinajstić information content (AvgIpc) is 2.53. The Morgan fingerprint density at radius 3 is 1.76 bits per heavy atom. The maximum atomic E-state index is 5.53. The topological polar surface area (TPSA) is 21.6 Å². The lowest BCUT2D eigenvalue weighted by Gasteiger charge is -2.13. The quantitative estimate of drug-likeness (QED) is 0.345. The summed E-state index contributed by atoms with van der Waals surface area (Å²) in [6.07, 6.45) is 20.5. The highest BCUT2D eigenvalue weighted by molar-refractivity contribution is 5.76. The average molecular weight is 296 g/mol. The zero-order valence-corrected chi connectivity index (χ0v) is 14.4. The highest BCUT2D eigenvalue weighted by atomic mass is 16.5. The van der Waals surface area contributed by atoms with Crippen LogP contribution >= 0.6 is 0 Å². The molecular weight excluding hydrogens is 258 g/mol. The van der Waals surface area contributed by atoms with Crippen molar-refractivity contribution in [2.24, 2.45) is 4.99 Å². The van der Waals surface area contributed by atoms with E-state index in [4.69, 9.17) is 4.74 Å². The number of hydrogen-bond donors (Lipinski definition) is 0. The number of unbranched alkanes of at least 4 members (excludes halogenated alkanes) is 12. The second-order valence-corrected chi connectivity index (χ2v) is 6.47. The summed E-state index contributed by atoms with van der Waals surface area (Å²) in [4.78, 5) is 4.42. The molecule has 0 aromatic carbocycles. The third kappa shape index (κ3) is 11.8. The minimum atomic E-state index is 0.886. The highest BCUT2D eigenvalue weighted by Crippen LogP contribution is 2.13. The molecule has 0 amide bonds. The lowest BCUT2D eigenvalue weighted by Crippen LogP contribution is -2.13. The first kappa shape index (κ1) is 18.5. The third-order valence-corrected chi connectivity index (χ3v) is 4.35. The minimum absolute atomic E-state index is 0.886. The molecule has 0 spiro atoms. The molecule has 124 valence electrons. The molecule has 0 aromatic rings. The second kappa shape index (κ2) is 14.4. The zero-order valence-electron chi connectivity index (χ0n) is 14.4. The van der Waals surface area contributed by atoms with Gasteiger partial charge in [0.25, 0.3) is 0 Å². The van der Waals surface area contributed by atoms with E-state index in [1.54, 1.807) is 0 Å². The molecule has 0 saturated heterocycles. The molecule has 21 heavy (non-hydrogen) atoms. The number of rotatable bonds is 14. The molecule has 0 radical (unpaired) electrons. The van der Waals surface area contributed by atoms with Gasteiger partial charge in [-0.05, 0) is 6.42 Å². The van der Waals surface area contributed by atoms with Gasteiger partial charge in [-0.1, -0.05) is 84.0 Å². The van der Waals surface area contributed by atoms with Gasteiger partial charge >= 0.3 is 0 Å². The van der Waals surface area contributed by atoms with Crippen LogP contribution in [0.4, 0.5) is 0 Å². The molecular formula is C19H37NO. The molecule has 0 bridgehead atoms. The predicted molar refractivity (Wildman–Crippen MR) is 93.2 cm³/mol. The van der Waals surface area contributed by atoms with Crippen molar-refractivity contribution < 1.29 is 4.74 Å². The summed E-state index contributed by atoms with van der Waals surface area (Å²) in [6, 6.07) is 0. The molecule has 0 saturated carbocycles. The van der Waals surface area contributed by atoms with Crippen LogP contribution in [0.3, 0.4) is 0 Å². The molecule has 0 N–H and O–H groups in total.